The SMILES string of the molecule is CC(C)Oc1cc(OC(F)(F)F)cc(C(C)(C)c2cc(Cl)cc(-c3c(C(N)=O)sc4ccc(NS(=O)(=O)CCN(C)C)cc34)c2)c1. The molecule has 3 aromatic carbocycles. The first-order chi connectivity index (χ1) is 21.2. The Labute approximate surface area is 275 Å². The van der Waals surface area contributed by atoms with E-state index in [-0.39, 0.29) is 22.5 Å². The van der Waals surface area contributed by atoms with Crippen LogP contribution < -0.4 is 19.9 Å². The molecule has 1 amide bonds. The van der Waals surface area contributed by atoms with Crippen LogP contribution in [0.5, 0.6) is 11.5 Å². The second-order valence-corrected chi connectivity index (χ2v) is 15.2. The molecule has 0 bridgehead atoms. The largest absolute Gasteiger partial charge is 0.573 e. The number of fused-ring (bicyclic) bond motifs is 1. The van der Waals surface area contributed by atoms with E-state index in [2.05, 4.69) is 9.46 Å². The van der Waals surface area contributed by atoms with E-state index in [0.29, 0.717) is 49.6 Å². The van der Waals surface area contributed by atoms with Gasteiger partial charge in [-0.1, -0.05) is 31.5 Å². The summed E-state index contributed by atoms with van der Waals surface area (Å²) in [7, 11) is -0.118. The standard InChI is InChI=1S/C32H35ClF3N3O5S2/c1-18(2)43-24-14-21(15-25(17-24)44-32(34,35)36)31(3,4)20-11-19(12-22(33)13-20)28-26-16-23(38-46(41,42)10-9-39(5)6)7-8-27(26)45-29(28)30(37)40/h7-8,11-18,38H,9-10H2,1-6H3,(H2,37,40). The first-order valence-corrected chi connectivity index (χ1v) is 17.0. The molecule has 0 aliphatic rings. The number of nitrogens with two attached hydrogens (primary N) is 1. The molecule has 4 aromatic rings. The highest BCUT2D eigenvalue weighted by Crippen LogP contribution is 2.44. The maximum Gasteiger partial charge on any atom is 0.573 e. The van der Waals surface area contributed by atoms with Gasteiger partial charge in [-0.2, -0.15) is 0 Å². The Morgan fingerprint density at radius 3 is 2.28 bits per heavy atom. The smallest absolute Gasteiger partial charge is 0.491 e. The van der Waals surface area contributed by atoms with Gasteiger partial charge in [-0.15, -0.1) is 24.5 Å². The molecule has 0 atom stereocenters. The zero-order valence-electron chi connectivity index (χ0n) is 26.1. The lowest BCUT2D eigenvalue weighted by Gasteiger charge is -2.28. The predicted octanol–water partition coefficient (Wildman–Crippen LogP) is 7.64. The van der Waals surface area contributed by atoms with Crippen molar-refractivity contribution in [1.29, 1.82) is 0 Å². The molecule has 0 fully saturated rings. The summed E-state index contributed by atoms with van der Waals surface area (Å²) >= 11 is 7.79. The Bertz CT molecular complexity index is 1870. The normalized spacial score (nSPS) is 12.6. The fraction of sp³-hybridized carbons (Fsp3) is 0.344. The summed E-state index contributed by atoms with van der Waals surface area (Å²) in [5, 5.41) is 0.878. The number of hydrogen-bond donors (Lipinski definition) is 2. The first-order valence-electron chi connectivity index (χ1n) is 14.1. The van der Waals surface area contributed by atoms with Crippen LogP contribution in [-0.4, -0.2) is 58.1 Å². The number of rotatable bonds is 12. The van der Waals surface area contributed by atoms with Crippen molar-refractivity contribution in [1.82, 2.24) is 4.90 Å². The maximum atomic E-state index is 13.2. The average Bonchev–Trinajstić information content (AvgIpc) is 3.29. The van der Waals surface area contributed by atoms with E-state index in [9.17, 15) is 26.4 Å². The fourth-order valence-corrected chi connectivity index (χ4v) is 7.37. The molecule has 0 aliphatic heterocycles. The number of thiophene rings is 1. The Kier molecular flexibility index (Phi) is 10.2. The number of anilines is 1. The van der Waals surface area contributed by atoms with Gasteiger partial charge in [0.25, 0.3) is 5.91 Å². The van der Waals surface area contributed by atoms with E-state index in [1.807, 2.05) is 13.8 Å². The summed E-state index contributed by atoms with van der Waals surface area (Å²) in [6, 6.07) is 14.2. The molecule has 0 radical (unpaired) electrons. The van der Waals surface area contributed by atoms with Gasteiger partial charge in [-0.3, -0.25) is 9.52 Å². The number of nitrogens with zero attached hydrogens (tertiary/aromatic N) is 1. The Morgan fingerprint density at radius 2 is 1.67 bits per heavy atom. The van der Waals surface area contributed by atoms with Crippen LogP contribution in [-0.2, 0) is 15.4 Å². The van der Waals surface area contributed by atoms with Gasteiger partial charge >= 0.3 is 6.36 Å². The van der Waals surface area contributed by atoms with Gasteiger partial charge in [0.15, 0.2) is 0 Å². The number of ether oxygens (including phenoxy) is 2. The van der Waals surface area contributed by atoms with E-state index < -0.39 is 33.5 Å². The molecule has 248 valence electrons. The third-order valence-corrected chi connectivity index (χ3v) is 9.78. The van der Waals surface area contributed by atoms with Crippen molar-refractivity contribution >= 4 is 54.6 Å². The third kappa shape index (κ3) is 8.64. The minimum atomic E-state index is -4.91. The molecule has 0 saturated carbocycles. The van der Waals surface area contributed by atoms with Gasteiger partial charge in [-0.25, -0.2) is 8.42 Å². The van der Waals surface area contributed by atoms with Gasteiger partial charge in [0.2, 0.25) is 10.0 Å². The van der Waals surface area contributed by atoms with Crippen molar-refractivity contribution in [2.45, 2.75) is 45.6 Å². The number of carbonyl (C=O) groups excluding carboxylic acids is 1. The van der Waals surface area contributed by atoms with Gasteiger partial charge in [-0.05, 0) is 87.1 Å². The van der Waals surface area contributed by atoms with Crippen LogP contribution in [0.4, 0.5) is 18.9 Å². The van der Waals surface area contributed by atoms with E-state index in [4.69, 9.17) is 22.1 Å². The van der Waals surface area contributed by atoms with Crippen LogP contribution in [0.2, 0.25) is 5.02 Å². The first kappa shape index (κ1) is 35.3. The highest BCUT2D eigenvalue weighted by atomic mass is 35.5. The van der Waals surface area contributed by atoms with E-state index in [1.54, 1.807) is 75.3 Å². The van der Waals surface area contributed by atoms with Crippen LogP contribution in [0.3, 0.4) is 0 Å². The molecule has 46 heavy (non-hydrogen) atoms. The molecule has 1 heterocycles. The minimum absolute atomic E-state index is 0.118. The van der Waals surface area contributed by atoms with Gasteiger partial charge in [0.1, 0.15) is 16.4 Å². The van der Waals surface area contributed by atoms with Crippen LogP contribution >= 0.6 is 22.9 Å². The van der Waals surface area contributed by atoms with Gasteiger partial charge in [0.05, 0.1) is 11.9 Å². The number of carbonyl (C=O) groups is 1. The van der Waals surface area contributed by atoms with Crippen molar-refractivity contribution < 1.29 is 35.9 Å². The van der Waals surface area contributed by atoms with Crippen molar-refractivity contribution in [2.75, 3.05) is 31.1 Å². The molecule has 3 N–H and O–H groups in total. The summed E-state index contributed by atoms with van der Waals surface area (Å²) in [5.74, 6) is -1.04. The summed E-state index contributed by atoms with van der Waals surface area (Å²) in [5.41, 5.74) is 7.22. The summed E-state index contributed by atoms with van der Waals surface area (Å²) < 4.78 is 78.4. The van der Waals surface area contributed by atoms with Crippen LogP contribution in [0.15, 0.2) is 54.6 Å². The molecule has 0 aliphatic carbocycles. The van der Waals surface area contributed by atoms with Crippen LogP contribution in [0.25, 0.3) is 21.2 Å². The fourth-order valence-electron chi connectivity index (χ4n) is 4.88. The number of nitrogens with one attached hydrogen (secondary N) is 1. The summed E-state index contributed by atoms with van der Waals surface area (Å²) in [4.78, 5) is 14.7. The number of sulfonamides is 1. The average molecular weight is 698 g/mol. The van der Waals surface area contributed by atoms with Gasteiger partial charge in [0, 0.05) is 44.4 Å². The lowest BCUT2D eigenvalue weighted by Crippen LogP contribution is -2.26. The molecular weight excluding hydrogens is 663 g/mol. The predicted molar refractivity (Wildman–Crippen MR) is 178 cm³/mol. The molecule has 0 saturated heterocycles. The molecule has 14 heteroatoms. The van der Waals surface area contributed by atoms with E-state index in [0.717, 1.165) is 11.3 Å². The number of hydrogen-bond acceptors (Lipinski definition) is 7. The molecular formula is C32H35ClF3N3O5S2. The van der Waals surface area contributed by atoms with Crippen molar-refractivity contribution in [3.8, 4) is 22.6 Å². The summed E-state index contributed by atoms with van der Waals surface area (Å²) in [6.07, 6.45) is -5.22. The molecule has 8 nitrogen and oxygen atoms in total. The number of amides is 1. The zero-order chi connectivity index (χ0) is 34.2. The maximum absolute atomic E-state index is 13.2. The molecule has 1 aromatic heterocycles. The second kappa shape index (κ2) is 13.3. The van der Waals surface area contributed by atoms with Crippen molar-refractivity contribution in [3.05, 3.63) is 75.6 Å². The van der Waals surface area contributed by atoms with Crippen LogP contribution in [0.1, 0.15) is 48.5 Å². The van der Waals surface area contributed by atoms with Crippen LogP contribution in [0, 0.1) is 0 Å². The summed E-state index contributed by atoms with van der Waals surface area (Å²) in [6.45, 7) is 7.47. The molecule has 4 rings (SSSR count). The topological polar surface area (TPSA) is 111 Å². The minimum Gasteiger partial charge on any atom is -0.491 e. The highest BCUT2D eigenvalue weighted by Gasteiger charge is 2.33. The van der Waals surface area contributed by atoms with E-state index >= 15 is 0 Å². The Hall–Kier alpha value is -3.52. The van der Waals surface area contributed by atoms with Crippen molar-refractivity contribution in [3.63, 3.8) is 0 Å². The monoisotopic (exact) mass is 697 g/mol. The molecule has 0 spiro atoms. The third-order valence-electron chi connectivity index (χ3n) is 7.11. The number of primary amides is 1. The van der Waals surface area contributed by atoms with Crippen molar-refractivity contribution in [2.24, 2.45) is 5.73 Å². The quantitative estimate of drug-likeness (QED) is 0.158. The molecule has 0 unspecified atom stereocenters. The number of alkyl halides is 3. The number of halogens is 4. The lowest BCUT2D eigenvalue weighted by atomic mass is 9.77. The zero-order valence-corrected chi connectivity index (χ0v) is 28.5. The second-order valence-electron chi connectivity index (χ2n) is 11.9. The highest BCUT2D eigenvalue weighted by molar-refractivity contribution is 7.92. The Balaban J connectivity index is 1.86. The van der Waals surface area contributed by atoms with Gasteiger partial charge < -0.3 is 20.1 Å². The lowest BCUT2D eigenvalue weighted by molar-refractivity contribution is -0.274. The Morgan fingerprint density at radius 1 is 1.02 bits per heavy atom. The van der Waals surface area contributed by atoms with E-state index in [1.165, 1.54) is 12.1 Å². The number of benzene rings is 3.